The monoisotopic (exact) mass is 257 g/mol. The SMILES string of the molecule is O=C(Cc1c(F)cc(F)cc1F)N1CCCCC1. The predicted molar refractivity (Wildman–Crippen MR) is 60.5 cm³/mol. The number of hydrogen-bond donors (Lipinski definition) is 0. The molecule has 18 heavy (non-hydrogen) atoms. The molecule has 1 fully saturated rings. The number of rotatable bonds is 2. The molecule has 1 aromatic carbocycles. The largest absolute Gasteiger partial charge is 0.342 e. The maximum Gasteiger partial charge on any atom is 0.227 e. The van der Waals surface area contributed by atoms with Gasteiger partial charge in [0.15, 0.2) is 0 Å². The van der Waals surface area contributed by atoms with Gasteiger partial charge in [-0.05, 0) is 19.3 Å². The third-order valence-electron chi connectivity index (χ3n) is 3.14. The molecule has 98 valence electrons. The van der Waals surface area contributed by atoms with Crippen molar-refractivity contribution in [3.63, 3.8) is 0 Å². The van der Waals surface area contributed by atoms with Crippen molar-refractivity contribution in [1.29, 1.82) is 0 Å². The summed E-state index contributed by atoms with van der Waals surface area (Å²) in [6.07, 6.45) is 2.56. The van der Waals surface area contributed by atoms with E-state index in [9.17, 15) is 18.0 Å². The van der Waals surface area contributed by atoms with Gasteiger partial charge in [-0.2, -0.15) is 0 Å². The molecular formula is C13H14F3NO. The van der Waals surface area contributed by atoms with E-state index in [0.29, 0.717) is 25.2 Å². The normalized spacial score (nSPS) is 15.8. The molecule has 1 saturated heterocycles. The Morgan fingerprint density at radius 1 is 1.06 bits per heavy atom. The summed E-state index contributed by atoms with van der Waals surface area (Å²) < 4.78 is 39.5. The number of piperidine rings is 1. The minimum absolute atomic E-state index is 0.306. The average Bonchev–Trinajstić information content (AvgIpc) is 2.34. The molecule has 0 bridgehead atoms. The second kappa shape index (κ2) is 5.42. The van der Waals surface area contributed by atoms with E-state index >= 15 is 0 Å². The van der Waals surface area contributed by atoms with Crippen LogP contribution in [0.15, 0.2) is 12.1 Å². The first-order chi connectivity index (χ1) is 8.58. The first-order valence-electron chi connectivity index (χ1n) is 5.99. The van der Waals surface area contributed by atoms with Gasteiger partial charge in [0.2, 0.25) is 5.91 Å². The van der Waals surface area contributed by atoms with Crippen molar-refractivity contribution in [2.45, 2.75) is 25.7 Å². The van der Waals surface area contributed by atoms with Gasteiger partial charge in [0, 0.05) is 30.8 Å². The lowest BCUT2D eigenvalue weighted by Crippen LogP contribution is -2.36. The molecule has 1 aliphatic heterocycles. The first-order valence-corrected chi connectivity index (χ1v) is 5.99. The number of nitrogens with zero attached hydrogens (tertiary/aromatic N) is 1. The number of hydrogen-bond acceptors (Lipinski definition) is 1. The van der Waals surface area contributed by atoms with Crippen LogP contribution in [-0.2, 0) is 11.2 Å². The number of benzene rings is 1. The van der Waals surface area contributed by atoms with Gasteiger partial charge in [-0.1, -0.05) is 0 Å². The average molecular weight is 257 g/mol. The summed E-state index contributed by atoms with van der Waals surface area (Å²) in [6.45, 7) is 1.26. The molecule has 1 aromatic rings. The zero-order valence-electron chi connectivity index (χ0n) is 9.89. The van der Waals surface area contributed by atoms with Gasteiger partial charge in [-0.25, -0.2) is 13.2 Å². The summed E-state index contributed by atoms with van der Waals surface area (Å²) in [4.78, 5) is 13.5. The smallest absolute Gasteiger partial charge is 0.227 e. The van der Waals surface area contributed by atoms with Crippen LogP contribution in [0.4, 0.5) is 13.2 Å². The highest BCUT2D eigenvalue weighted by molar-refractivity contribution is 5.79. The Balaban J connectivity index is 2.11. The lowest BCUT2D eigenvalue weighted by atomic mass is 10.1. The summed E-state index contributed by atoms with van der Waals surface area (Å²) in [5.74, 6) is -3.28. The molecule has 0 spiro atoms. The second-order valence-electron chi connectivity index (χ2n) is 4.47. The highest BCUT2D eigenvalue weighted by Crippen LogP contribution is 2.17. The highest BCUT2D eigenvalue weighted by Gasteiger charge is 2.20. The van der Waals surface area contributed by atoms with Crippen LogP contribution in [-0.4, -0.2) is 23.9 Å². The van der Waals surface area contributed by atoms with Gasteiger partial charge in [-0.15, -0.1) is 0 Å². The van der Waals surface area contributed by atoms with E-state index in [-0.39, 0.29) is 17.9 Å². The van der Waals surface area contributed by atoms with Gasteiger partial charge in [0.1, 0.15) is 17.5 Å². The molecule has 0 aliphatic carbocycles. The van der Waals surface area contributed by atoms with E-state index in [1.807, 2.05) is 0 Å². The van der Waals surface area contributed by atoms with Crippen LogP contribution in [0.5, 0.6) is 0 Å². The Morgan fingerprint density at radius 2 is 1.61 bits per heavy atom. The van der Waals surface area contributed by atoms with Crippen molar-refractivity contribution in [2.24, 2.45) is 0 Å². The van der Waals surface area contributed by atoms with E-state index in [0.717, 1.165) is 19.3 Å². The zero-order chi connectivity index (χ0) is 13.1. The molecule has 1 amide bonds. The van der Waals surface area contributed by atoms with E-state index in [1.54, 1.807) is 4.90 Å². The van der Waals surface area contributed by atoms with E-state index < -0.39 is 17.5 Å². The van der Waals surface area contributed by atoms with Crippen LogP contribution in [0.1, 0.15) is 24.8 Å². The van der Waals surface area contributed by atoms with Gasteiger partial charge >= 0.3 is 0 Å². The summed E-state index contributed by atoms with van der Waals surface area (Å²) in [6, 6.07) is 1.20. The minimum Gasteiger partial charge on any atom is -0.342 e. The maximum atomic E-state index is 13.4. The van der Waals surface area contributed by atoms with Crippen LogP contribution in [0, 0.1) is 17.5 Å². The van der Waals surface area contributed by atoms with Crippen LogP contribution >= 0.6 is 0 Å². The second-order valence-corrected chi connectivity index (χ2v) is 4.47. The van der Waals surface area contributed by atoms with Crippen molar-refractivity contribution in [2.75, 3.05) is 13.1 Å². The molecule has 1 heterocycles. The van der Waals surface area contributed by atoms with Crippen LogP contribution in [0.25, 0.3) is 0 Å². The fraction of sp³-hybridized carbons (Fsp3) is 0.462. The Kier molecular flexibility index (Phi) is 3.89. The molecule has 0 radical (unpaired) electrons. The lowest BCUT2D eigenvalue weighted by Gasteiger charge is -2.26. The third kappa shape index (κ3) is 2.83. The molecule has 0 aromatic heterocycles. The molecule has 5 heteroatoms. The van der Waals surface area contributed by atoms with Gasteiger partial charge < -0.3 is 4.90 Å². The van der Waals surface area contributed by atoms with Crippen LogP contribution < -0.4 is 0 Å². The van der Waals surface area contributed by atoms with Crippen LogP contribution in [0.3, 0.4) is 0 Å². The summed E-state index contributed by atoms with van der Waals surface area (Å²) in [7, 11) is 0. The van der Waals surface area contributed by atoms with Crippen LogP contribution in [0.2, 0.25) is 0 Å². The van der Waals surface area contributed by atoms with Gasteiger partial charge in [0.25, 0.3) is 0 Å². The summed E-state index contributed by atoms with van der Waals surface area (Å²) >= 11 is 0. The molecule has 0 saturated carbocycles. The molecule has 1 aliphatic rings. The number of carbonyl (C=O) groups excluding carboxylic acids is 1. The molecule has 0 unspecified atom stereocenters. The zero-order valence-corrected chi connectivity index (χ0v) is 9.89. The van der Waals surface area contributed by atoms with Crippen molar-refractivity contribution in [3.05, 3.63) is 35.1 Å². The molecular weight excluding hydrogens is 243 g/mol. The van der Waals surface area contributed by atoms with Crippen molar-refractivity contribution in [3.8, 4) is 0 Å². The van der Waals surface area contributed by atoms with E-state index in [2.05, 4.69) is 0 Å². The van der Waals surface area contributed by atoms with Crippen molar-refractivity contribution < 1.29 is 18.0 Å². The third-order valence-corrected chi connectivity index (χ3v) is 3.14. The molecule has 2 nitrogen and oxygen atoms in total. The van der Waals surface area contributed by atoms with Gasteiger partial charge in [0.05, 0.1) is 6.42 Å². The number of likely N-dealkylation sites (tertiary alicyclic amines) is 1. The Labute approximate surface area is 103 Å². The fourth-order valence-electron chi connectivity index (χ4n) is 2.15. The minimum atomic E-state index is -1.00. The Hall–Kier alpha value is -1.52. The fourth-order valence-corrected chi connectivity index (χ4v) is 2.15. The number of halogens is 3. The maximum absolute atomic E-state index is 13.4. The summed E-state index contributed by atoms with van der Waals surface area (Å²) in [5.41, 5.74) is -0.355. The van der Waals surface area contributed by atoms with E-state index in [4.69, 9.17) is 0 Å². The van der Waals surface area contributed by atoms with Gasteiger partial charge in [-0.3, -0.25) is 4.79 Å². The topological polar surface area (TPSA) is 20.3 Å². The molecule has 2 rings (SSSR count). The predicted octanol–water partition coefficient (Wildman–Crippen LogP) is 2.66. The quantitative estimate of drug-likeness (QED) is 0.797. The lowest BCUT2D eigenvalue weighted by molar-refractivity contribution is -0.131. The Morgan fingerprint density at radius 3 is 2.17 bits per heavy atom. The molecule has 0 N–H and O–H groups in total. The Bertz CT molecular complexity index is 433. The van der Waals surface area contributed by atoms with Crippen molar-refractivity contribution >= 4 is 5.91 Å². The van der Waals surface area contributed by atoms with E-state index in [1.165, 1.54) is 0 Å². The molecule has 0 atom stereocenters. The summed E-state index contributed by atoms with van der Waals surface area (Å²) in [5, 5.41) is 0. The highest BCUT2D eigenvalue weighted by atomic mass is 19.1. The number of amides is 1. The standard InChI is InChI=1S/C13H14F3NO/c14-9-6-11(15)10(12(16)7-9)8-13(18)17-4-2-1-3-5-17/h6-7H,1-5,8H2. The first kappa shape index (κ1) is 12.9. The number of carbonyl (C=O) groups is 1. The van der Waals surface area contributed by atoms with Crippen molar-refractivity contribution in [1.82, 2.24) is 4.90 Å².